The van der Waals surface area contributed by atoms with Crippen molar-refractivity contribution in [2.45, 2.75) is 32.4 Å². The first-order chi connectivity index (χ1) is 9.16. The molecule has 3 rings (SSSR count). The molecule has 0 amide bonds. The number of hydrogen-bond acceptors (Lipinski definition) is 2. The van der Waals surface area contributed by atoms with Crippen LogP contribution < -0.4 is 10.5 Å². The average molecular weight is 253 g/mol. The molecule has 0 bridgehead atoms. The van der Waals surface area contributed by atoms with Gasteiger partial charge in [-0.2, -0.15) is 0 Å². The Bertz CT molecular complexity index is 606. The number of ether oxygens (including phenoxy) is 1. The van der Waals surface area contributed by atoms with Crippen LogP contribution in [0.25, 0.3) is 0 Å². The second-order valence-corrected chi connectivity index (χ2v) is 5.28. The molecule has 2 aromatic carbocycles. The summed E-state index contributed by atoms with van der Waals surface area (Å²) in [5.41, 5.74) is 11.3. The molecule has 1 aliphatic heterocycles. The first-order valence-corrected chi connectivity index (χ1v) is 6.74. The minimum atomic E-state index is 0.0508. The van der Waals surface area contributed by atoms with E-state index >= 15 is 0 Å². The van der Waals surface area contributed by atoms with Gasteiger partial charge in [0.15, 0.2) is 0 Å². The Labute approximate surface area is 114 Å². The Hall–Kier alpha value is -1.80. The van der Waals surface area contributed by atoms with Gasteiger partial charge in [0.05, 0.1) is 0 Å². The molecule has 0 radical (unpaired) electrons. The van der Waals surface area contributed by atoms with Gasteiger partial charge in [0.25, 0.3) is 0 Å². The van der Waals surface area contributed by atoms with E-state index in [1.807, 2.05) is 18.2 Å². The van der Waals surface area contributed by atoms with Crippen molar-refractivity contribution < 1.29 is 4.74 Å². The Kier molecular flexibility index (Phi) is 3.03. The minimum absolute atomic E-state index is 0.0508. The van der Waals surface area contributed by atoms with Gasteiger partial charge in [-0.05, 0) is 36.6 Å². The first-order valence-electron chi connectivity index (χ1n) is 6.74. The fourth-order valence-electron chi connectivity index (χ4n) is 2.77. The second-order valence-electron chi connectivity index (χ2n) is 5.28. The molecule has 2 atom stereocenters. The highest BCUT2D eigenvalue weighted by atomic mass is 16.5. The van der Waals surface area contributed by atoms with Crippen LogP contribution in [0.4, 0.5) is 0 Å². The molecule has 2 nitrogen and oxygen atoms in total. The quantitative estimate of drug-likeness (QED) is 0.838. The van der Waals surface area contributed by atoms with Crippen molar-refractivity contribution in [3.05, 3.63) is 64.7 Å². The molecule has 2 aromatic rings. The van der Waals surface area contributed by atoms with Crippen LogP contribution in [0.5, 0.6) is 5.75 Å². The Morgan fingerprint density at radius 3 is 2.58 bits per heavy atom. The van der Waals surface area contributed by atoms with Crippen molar-refractivity contribution in [3.8, 4) is 5.75 Å². The third-order valence-corrected chi connectivity index (χ3v) is 4.05. The topological polar surface area (TPSA) is 35.2 Å². The number of benzene rings is 2. The number of para-hydroxylation sites is 1. The van der Waals surface area contributed by atoms with Gasteiger partial charge in [-0.3, -0.25) is 0 Å². The predicted molar refractivity (Wildman–Crippen MR) is 77.3 cm³/mol. The van der Waals surface area contributed by atoms with Crippen LogP contribution in [0.3, 0.4) is 0 Å². The summed E-state index contributed by atoms with van der Waals surface area (Å²) < 4.78 is 6.14. The largest absolute Gasteiger partial charge is 0.485 e. The van der Waals surface area contributed by atoms with Crippen molar-refractivity contribution in [3.63, 3.8) is 0 Å². The maximum Gasteiger partial charge on any atom is 0.126 e. The SMILES string of the molecule is Cc1cccc(C2C[C@@H](N)c3ccccc3O2)c1C. The summed E-state index contributed by atoms with van der Waals surface area (Å²) in [5, 5.41) is 0. The van der Waals surface area contributed by atoms with Crippen LogP contribution in [0.1, 0.15) is 40.8 Å². The molecule has 2 heteroatoms. The number of nitrogens with two attached hydrogens (primary N) is 1. The molecule has 1 unspecified atom stereocenters. The maximum atomic E-state index is 6.28. The summed E-state index contributed by atoms with van der Waals surface area (Å²) in [6, 6.07) is 14.5. The number of rotatable bonds is 1. The van der Waals surface area contributed by atoms with Gasteiger partial charge in [0.1, 0.15) is 11.9 Å². The Morgan fingerprint density at radius 1 is 1.00 bits per heavy atom. The van der Waals surface area contributed by atoms with Gasteiger partial charge in [-0.15, -0.1) is 0 Å². The van der Waals surface area contributed by atoms with Crippen LogP contribution in [-0.4, -0.2) is 0 Å². The highest BCUT2D eigenvalue weighted by Gasteiger charge is 2.27. The fraction of sp³-hybridized carbons (Fsp3) is 0.294. The summed E-state index contributed by atoms with van der Waals surface area (Å²) >= 11 is 0. The molecule has 0 saturated heterocycles. The highest BCUT2D eigenvalue weighted by molar-refractivity contribution is 5.41. The lowest BCUT2D eigenvalue weighted by atomic mass is 9.90. The van der Waals surface area contributed by atoms with Crippen LogP contribution in [-0.2, 0) is 0 Å². The fourth-order valence-corrected chi connectivity index (χ4v) is 2.77. The van der Waals surface area contributed by atoms with E-state index in [-0.39, 0.29) is 12.1 Å². The third-order valence-electron chi connectivity index (χ3n) is 4.05. The molecular weight excluding hydrogens is 234 g/mol. The number of fused-ring (bicyclic) bond motifs is 1. The monoisotopic (exact) mass is 253 g/mol. The normalized spacial score (nSPS) is 21.6. The van der Waals surface area contributed by atoms with Gasteiger partial charge < -0.3 is 10.5 Å². The van der Waals surface area contributed by atoms with Gasteiger partial charge in [0.2, 0.25) is 0 Å². The summed E-state index contributed by atoms with van der Waals surface area (Å²) in [6.45, 7) is 4.29. The third kappa shape index (κ3) is 2.13. The molecule has 19 heavy (non-hydrogen) atoms. The van der Waals surface area contributed by atoms with Gasteiger partial charge in [-0.25, -0.2) is 0 Å². The average Bonchev–Trinajstić information content (AvgIpc) is 2.42. The van der Waals surface area contributed by atoms with E-state index in [1.165, 1.54) is 16.7 Å². The molecule has 1 heterocycles. The Morgan fingerprint density at radius 2 is 1.74 bits per heavy atom. The smallest absolute Gasteiger partial charge is 0.126 e. The zero-order chi connectivity index (χ0) is 13.4. The summed E-state index contributed by atoms with van der Waals surface area (Å²) in [6.07, 6.45) is 0.895. The molecule has 1 aliphatic rings. The van der Waals surface area contributed by atoms with Gasteiger partial charge >= 0.3 is 0 Å². The highest BCUT2D eigenvalue weighted by Crippen LogP contribution is 2.40. The van der Waals surface area contributed by atoms with E-state index in [9.17, 15) is 0 Å². The van der Waals surface area contributed by atoms with Crippen molar-refractivity contribution in [1.82, 2.24) is 0 Å². The van der Waals surface area contributed by atoms with Crippen LogP contribution >= 0.6 is 0 Å². The zero-order valence-corrected chi connectivity index (χ0v) is 11.4. The standard InChI is InChI=1S/C17H19NO/c1-11-6-5-8-13(12(11)2)17-10-15(18)14-7-3-4-9-16(14)19-17/h3-9,15,17H,10,18H2,1-2H3/t15-,17?/m1/s1. The first kappa shape index (κ1) is 12.2. The van der Waals surface area contributed by atoms with Crippen molar-refractivity contribution in [2.24, 2.45) is 5.73 Å². The van der Waals surface area contributed by atoms with Crippen LogP contribution in [0, 0.1) is 13.8 Å². The van der Waals surface area contributed by atoms with Crippen LogP contribution in [0.15, 0.2) is 42.5 Å². The molecule has 0 fully saturated rings. The lowest BCUT2D eigenvalue weighted by Gasteiger charge is -2.31. The van der Waals surface area contributed by atoms with E-state index in [2.05, 4.69) is 38.1 Å². The van der Waals surface area contributed by atoms with Crippen molar-refractivity contribution >= 4 is 0 Å². The summed E-state index contributed by atoms with van der Waals surface area (Å²) in [5.74, 6) is 0.923. The molecule has 0 saturated carbocycles. The van der Waals surface area contributed by atoms with E-state index in [0.29, 0.717) is 0 Å². The van der Waals surface area contributed by atoms with E-state index in [0.717, 1.165) is 17.7 Å². The van der Waals surface area contributed by atoms with Crippen LogP contribution in [0.2, 0.25) is 0 Å². The molecule has 2 N–H and O–H groups in total. The number of aryl methyl sites for hydroxylation is 1. The lowest BCUT2D eigenvalue weighted by Crippen LogP contribution is -2.24. The van der Waals surface area contributed by atoms with E-state index in [1.54, 1.807) is 0 Å². The predicted octanol–water partition coefficient (Wildman–Crippen LogP) is 3.83. The van der Waals surface area contributed by atoms with E-state index < -0.39 is 0 Å². The molecular formula is C17H19NO. The molecule has 98 valence electrons. The second kappa shape index (κ2) is 4.71. The van der Waals surface area contributed by atoms with E-state index in [4.69, 9.17) is 10.5 Å². The summed E-state index contributed by atoms with van der Waals surface area (Å²) in [4.78, 5) is 0. The number of hydrogen-bond donors (Lipinski definition) is 1. The maximum absolute atomic E-state index is 6.28. The van der Waals surface area contributed by atoms with Gasteiger partial charge in [0, 0.05) is 18.0 Å². The minimum Gasteiger partial charge on any atom is -0.485 e. The lowest BCUT2D eigenvalue weighted by molar-refractivity contribution is 0.161. The van der Waals surface area contributed by atoms with Crippen molar-refractivity contribution in [1.29, 1.82) is 0 Å². The van der Waals surface area contributed by atoms with Gasteiger partial charge in [-0.1, -0.05) is 36.4 Å². The zero-order valence-electron chi connectivity index (χ0n) is 11.4. The Balaban J connectivity index is 1.99. The molecule has 0 aliphatic carbocycles. The summed E-state index contributed by atoms with van der Waals surface area (Å²) in [7, 11) is 0. The molecule has 0 aromatic heterocycles. The van der Waals surface area contributed by atoms with Crippen molar-refractivity contribution in [2.75, 3.05) is 0 Å². The molecule has 0 spiro atoms.